The van der Waals surface area contributed by atoms with Gasteiger partial charge < -0.3 is 15.5 Å². The molecule has 2 N–H and O–H groups in total. The predicted octanol–water partition coefficient (Wildman–Crippen LogP) is 2.62. The minimum Gasteiger partial charge on any atom is -0.338 e. The minimum absolute atomic E-state index is 0.00747. The first kappa shape index (κ1) is 17.3. The molecule has 1 aromatic carbocycles. The highest BCUT2D eigenvalue weighted by Crippen LogP contribution is 2.24. The first-order valence-corrected chi connectivity index (χ1v) is 8.32. The summed E-state index contributed by atoms with van der Waals surface area (Å²) in [7, 11) is 0. The minimum atomic E-state index is -0.454. The van der Waals surface area contributed by atoms with Gasteiger partial charge in [0.1, 0.15) is 6.04 Å². The Bertz CT molecular complexity index is 559. The lowest BCUT2D eigenvalue weighted by molar-refractivity contribution is -0.130. The van der Waals surface area contributed by atoms with Gasteiger partial charge in [-0.3, -0.25) is 4.79 Å². The molecule has 1 aliphatic heterocycles. The molecule has 0 aliphatic carbocycles. The molecular formula is C18H27N3O2. The van der Waals surface area contributed by atoms with E-state index in [1.165, 1.54) is 0 Å². The van der Waals surface area contributed by atoms with Crippen LogP contribution in [-0.2, 0) is 10.3 Å². The molecule has 23 heavy (non-hydrogen) atoms. The van der Waals surface area contributed by atoms with E-state index in [0.29, 0.717) is 13.0 Å². The monoisotopic (exact) mass is 317 g/mol. The summed E-state index contributed by atoms with van der Waals surface area (Å²) >= 11 is 0. The lowest BCUT2D eigenvalue weighted by Gasteiger charge is -2.31. The van der Waals surface area contributed by atoms with Crippen molar-refractivity contribution in [2.75, 3.05) is 6.54 Å². The number of nitrogens with one attached hydrogen (secondary N) is 2. The Morgan fingerprint density at radius 3 is 2.52 bits per heavy atom. The standard InChI is InChI=1S/C18H27N3O2/c1-5-18(4,14-9-7-6-8-10-14)20-17(23)19-15-11-12-21(13(2)3)16(15)22/h6-10,13,15H,5,11-12H2,1-4H3,(H2,19,20,23). The normalized spacial score (nSPS) is 20.5. The molecule has 0 spiro atoms. The second kappa shape index (κ2) is 7.02. The van der Waals surface area contributed by atoms with Gasteiger partial charge in [0, 0.05) is 12.6 Å². The van der Waals surface area contributed by atoms with Gasteiger partial charge in [0.05, 0.1) is 5.54 Å². The van der Waals surface area contributed by atoms with Crippen molar-refractivity contribution < 1.29 is 9.59 Å². The Labute approximate surface area is 138 Å². The van der Waals surface area contributed by atoms with Gasteiger partial charge in [0.25, 0.3) is 0 Å². The van der Waals surface area contributed by atoms with Crippen molar-refractivity contribution in [2.24, 2.45) is 0 Å². The highest BCUT2D eigenvalue weighted by atomic mass is 16.2. The van der Waals surface area contributed by atoms with E-state index in [2.05, 4.69) is 10.6 Å². The number of hydrogen-bond donors (Lipinski definition) is 2. The maximum atomic E-state index is 12.4. The van der Waals surface area contributed by atoms with Crippen molar-refractivity contribution in [1.82, 2.24) is 15.5 Å². The average molecular weight is 317 g/mol. The van der Waals surface area contributed by atoms with Crippen LogP contribution in [0.2, 0.25) is 0 Å². The molecule has 1 heterocycles. The van der Waals surface area contributed by atoms with Crippen molar-refractivity contribution in [3.63, 3.8) is 0 Å². The summed E-state index contributed by atoms with van der Waals surface area (Å²) in [4.78, 5) is 26.5. The van der Waals surface area contributed by atoms with Crippen molar-refractivity contribution in [2.45, 2.75) is 58.2 Å². The van der Waals surface area contributed by atoms with Gasteiger partial charge >= 0.3 is 6.03 Å². The summed E-state index contributed by atoms with van der Waals surface area (Å²) in [6.45, 7) is 8.71. The maximum absolute atomic E-state index is 12.4. The predicted molar refractivity (Wildman–Crippen MR) is 91.0 cm³/mol. The topological polar surface area (TPSA) is 61.4 Å². The fraction of sp³-hybridized carbons (Fsp3) is 0.556. The third kappa shape index (κ3) is 3.84. The van der Waals surface area contributed by atoms with Gasteiger partial charge in [-0.1, -0.05) is 37.3 Å². The van der Waals surface area contributed by atoms with E-state index in [0.717, 1.165) is 12.0 Å². The zero-order chi connectivity index (χ0) is 17.0. The number of rotatable bonds is 5. The molecule has 1 aliphatic rings. The lowest BCUT2D eigenvalue weighted by atomic mass is 9.89. The summed E-state index contributed by atoms with van der Waals surface area (Å²) in [6.07, 6.45) is 1.43. The van der Waals surface area contributed by atoms with E-state index in [-0.39, 0.29) is 18.0 Å². The SMILES string of the molecule is CCC(C)(NC(=O)NC1CCN(C(C)C)C1=O)c1ccccc1. The van der Waals surface area contributed by atoms with Crippen LogP contribution in [-0.4, -0.2) is 35.5 Å². The second-order valence-electron chi connectivity index (χ2n) is 6.62. The highest BCUT2D eigenvalue weighted by molar-refractivity contribution is 5.89. The first-order valence-electron chi connectivity index (χ1n) is 8.32. The fourth-order valence-electron chi connectivity index (χ4n) is 2.96. The van der Waals surface area contributed by atoms with E-state index in [1.54, 1.807) is 4.90 Å². The summed E-state index contributed by atoms with van der Waals surface area (Å²) in [5, 5.41) is 5.86. The Hall–Kier alpha value is -2.04. The van der Waals surface area contributed by atoms with Gasteiger partial charge in [-0.25, -0.2) is 4.79 Å². The average Bonchev–Trinajstić information content (AvgIpc) is 2.89. The van der Waals surface area contributed by atoms with Crippen LogP contribution in [0.15, 0.2) is 30.3 Å². The number of hydrogen-bond acceptors (Lipinski definition) is 2. The van der Waals surface area contributed by atoms with Crippen molar-refractivity contribution in [3.8, 4) is 0 Å². The maximum Gasteiger partial charge on any atom is 0.316 e. The molecule has 0 bridgehead atoms. The molecule has 2 atom stereocenters. The summed E-state index contributed by atoms with van der Waals surface area (Å²) in [6, 6.07) is 9.35. The number of amides is 3. The van der Waals surface area contributed by atoms with E-state index in [9.17, 15) is 9.59 Å². The van der Waals surface area contributed by atoms with Crippen LogP contribution in [0, 0.1) is 0 Å². The van der Waals surface area contributed by atoms with Crippen molar-refractivity contribution in [3.05, 3.63) is 35.9 Å². The molecular weight excluding hydrogens is 290 g/mol. The smallest absolute Gasteiger partial charge is 0.316 e. The molecule has 3 amide bonds. The second-order valence-corrected chi connectivity index (χ2v) is 6.62. The molecule has 126 valence electrons. The van der Waals surface area contributed by atoms with Crippen molar-refractivity contribution >= 4 is 11.9 Å². The number of urea groups is 1. The van der Waals surface area contributed by atoms with E-state index >= 15 is 0 Å². The summed E-state index contributed by atoms with van der Waals surface area (Å²) < 4.78 is 0. The van der Waals surface area contributed by atoms with Crippen LogP contribution in [0.25, 0.3) is 0 Å². The highest BCUT2D eigenvalue weighted by Gasteiger charge is 2.35. The summed E-state index contributed by atoms with van der Waals surface area (Å²) in [5.41, 5.74) is 0.601. The van der Waals surface area contributed by atoms with E-state index < -0.39 is 11.6 Å². The number of carbonyl (C=O) groups is 2. The first-order chi connectivity index (χ1) is 10.9. The molecule has 0 saturated carbocycles. The molecule has 2 unspecified atom stereocenters. The molecule has 5 nitrogen and oxygen atoms in total. The molecule has 1 saturated heterocycles. The van der Waals surface area contributed by atoms with Gasteiger partial charge in [0.15, 0.2) is 0 Å². The van der Waals surface area contributed by atoms with Crippen LogP contribution < -0.4 is 10.6 Å². The Morgan fingerprint density at radius 2 is 2.00 bits per heavy atom. The number of nitrogens with zero attached hydrogens (tertiary/aromatic N) is 1. The molecule has 1 fully saturated rings. The largest absolute Gasteiger partial charge is 0.338 e. The van der Waals surface area contributed by atoms with Gasteiger partial charge in [0.2, 0.25) is 5.91 Å². The Balaban J connectivity index is 2.00. The Kier molecular flexibility index (Phi) is 5.29. The zero-order valence-electron chi connectivity index (χ0n) is 14.4. The Morgan fingerprint density at radius 1 is 1.35 bits per heavy atom. The van der Waals surface area contributed by atoms with Crippen LogP contribution in [0.3, 0.4) is 0 Å². The third-order valence-corrected chi connectivity index (χ3v) is 4.68. The molecule has 0 aromatic heterocycles. The van der Waals surface area contributed by atoms with Crippen LogP contribution in [0.1, 0.15) is 46.1 Å². The molecule has 0 radical (unpaired) electrons. The number of benzene rings is 1. The lowest BCUT2D eigenvalue weighted by Crippen LogP contribution is -2.52. The molecule has 1 aromatic rings. The third-order valence-electron chi connectivity index (χ3n) is 4.68. The fourth-order valence-corrected chi connectivity index (χ4v) is 2.96. The number of likely N-dealkylation sites (tertiary alicyclic amines) is 1. The van der Waals surface area contributed by atoms with Gasteiger partial charge in [-0.2, -0.15) is 0 Å². The van der Waals surface area contributed by atoms with Gasteiger partial charge in [-0.15, -0.1) is 0 Å². The van der Waals surface area contributed by atoms with Crippen LogP contribution >= 0.6 is 0 Å². The zero-order valence-corrected chi connectivity index (χ0v) is 14.4. The van der Waals surface area contributed by atoms with Crippen LogP contribution in [0.4, 0.5) is 4.79 Å². The van der Waals surface area contributed by atoms with Crippen molar-refractivity contribution in [1.29, 1.82) is 0 Å². The van der Waals surface area contributed by atoms with E-state index in [1.807, 2.05) is 58.0 Å². The van der Waals surface area contributed by atoms with Gasteiger partial charge in [-0.05, 0) is 39.2 Å². The summed E-state index contributed by atoms with van der Waals surface area (Å²) in [5.74, 6) is 0.00747. The van der Waals surface area contributed by atoms with E-state index in [4.69, 9.17) is 0 Å². The molecule has 2 rings (SSSR count). The molecule has 5 heteroatoms. The van der Waals surface area contributed by atoms with Crippen LogP contribution in [0.5, 0.6) is 0 Å². The quantitative estimate of drug-likeness (QED) is 0.877. The number of carbonyl (C=O) groups excluding carboxylic acids is 2.